The van der Waals surface area contributed by atoms with Crippen molar-refractivity contribution in [1.29, 1.82) is 5.26 Å². The molecule has 0 N–H and O–H groups in total. The molecule has 0 saturated carbocycles. The lowest BCUT2D eigenvalue weighted by Crippen LogP contribution is -2.13. The van der Waals surface area contributed by atoms with E-state index in [1.54, 1.807) is 30.3 Å². The summed E-state index contributed by atoms with van der Waals surface area (Å²) in [5.41, 5.74) is 0.473. The molecule has 3 heteroatoms. The van der Waals surface area contributed by atoms with Crippen molar-refractivity contribution in [1.82, 2.24) is 0 Å². The zero-order valence-electron chi connectivity index (χ0n) is 7.51. The Morgan fingerprint density at radius 1 is 1.43 bits per heavy atom. The number of nitrogens with zero attached hydrogens (tertiary/aromatic N) is 1. The van der Waals surface area contributed by atoms with Gasteiger partial charge < -0.3 is 4.79 Å². The van der Waals surface area contributed by atoms with Crippen LogP contribution in [0, 0.1) is 17.2 Å². The quantitative estimate of drug-likeness (QED) is 0.531. The molecule has 0 spiro atoms. The first kappa shape index (κ1) is 10.1. The first-order chi connectivity index (χ1) is 6.79. The summed E-state index contributed by atoms with van der Waals surface area (Å²) in [6.45, 7) is 0. The van der Waals surface area contributed by atoms with Gasteiger partial charge in [-0.15, -0.1) is 0 Å². The van der Waals surface area contributed by atoms with E-state index in [0.29, 0.717) is 11.8 Å². The minimum atomic E-state index is -0.852. The molecule has 0 aliphatic carbocycles. The normalized spacial score (nSPS) is 11.4. The van der Waals surface area contributed by atoms with Crippen LogP contribution in [0.2, 0.25) is 0 Å². The van der Waals surface area contributed by atoms with E-state index in [0.717, 1.165) is 0 Å². The fourth-order valence-corrected chi connectivity index (χ4v) is 1.12. The van der Waals surface area contributed by atoms with Crippen LogP contribution in [0.25, 0.3) is 0 Å². The highest BCUT2D eigenvalue weighted by atomic mass is 16.1. The lowest BCUT2D eigenvalue weighted by molar-refractivity contribution is -0.108. The summed E-state index contributed by atoms with van der Waals surface area (Å²) in [5.74, 6) is -1.14. The second-order valence-corrected chi connectivity index (χ2v) is 2.81. The standard InChI is InChI=1S/C11H9NO2/c12-8-10(6-7-13)11(14)9-4-2-1-3-5-9/h1-5,7,10H,6H2. The molecule has 0 aliphatic rings. The van der Waals surface area contributed by atoms with Crippen LogP contribution in [0.15, 0.2) is 30.3 Å². The molecule has 14 heavy (non-hydrogen) atoms. The molecule has 1 aromatic rings. The fraction of sp³-hybridized carbons (Fsp3) is 0.182. The summed E-state index contributed by atoms with van der Waals surface area (Å²) in [4.78, 5) is 21.8. The van der Waals surface area contributed by atoms with Gasteiger partial charge in [0.2, 0.25) is 0 Å². The van der Waals surface area contributed by atoms with Crippen LogP contribution >= 0.6 is 0 Å². The van der Waals surface area contributed by atoms with Crippen LogP contribution < -0.4 is 0 Å². The first-order valence-corrected chi connectivity index (χ1v) is 4.22. The van der Waals surface area contributed by atoms with Crippen molar-refractivity contribution in [3.63, 3.8) is 0 Å². The van der Waals surface area contributed by atoms with Crippen molar-refractivity contribution in [3.8, 4) is 6.07 Å². The van der Waals surface area contributed by atoms with Crippen LogP contribution in [-0.4, -0.2) is 12.1 Å². The molecule has 0 amide bonds. The topological polar surface area (TPSA) is 57.9 Å². The zero-order valence-corrected chi connectivity index (χ0v) is 7.51. The Morgan fingerprint density at radius 2 is 2.07 bits per heavy atom. The summed E-state index contributed by atoms with van der Waals surface area (Å²) in [6, 6.07) is 10.3. The molecule has 0 radical (unpaired) electrons. The largest absolute Gasteiger partial charge is 0.303 e. The molecule has 1 atom stereocenters. The van der Waals surface area contributed by atoms with Crippen molar-refractivity contribution in [2.45, 2.75) is 6.42 Å². The molecule has 0 heterocycles. The average Bonchev–Trinajstić information content (AvgIpc) is 2.26. The number of carbonyl (C=O) groups is 2. The lowest BCUT2D eigenvalue weighted by Gasteiger charge is -2.03. The highest BCUT2D eigenvalue weighted by molar-refractivity contribution is 6.00. The van der Waals surface area contributed by atoms with Gasteiger partial charge in [0.1, 0.15) is 12.2 Å². The number of Topliss-reactive ketones (excluding diaryl/α,β-unsaturated/α-hetero) is 1. The molecule has 1 unspecified atom stereocenters. The van der Waals surface area contributed by atoms with Gasteiger partial charge in [-0.1, -0.05) is 30.3 Å². The Morgan fingerprint density at radius 3 is 2.57 bits per heavy atom. The minimum absolute atomic E-state index is 0.0375. The molecule has 3 nitrogen and oxygen atoms in total. The average molecular weight is 187 g/mol. The fourth-order valence-electron chi connectivity index (χ4n) is 1.12. The highest BCUT2D eigenvalue weighted by Gasteiger charge is 2.18. The van der Waals surface area contributed by atoms with Crippen LogP contribution in [-0.2, 0) is 4.79 Å². The second kappa shape index (κ2) is 4.93. The van der Waals surface area contributed by atoms with Crippen molar-refractivity contribution in [2.24, 2.45) is 5.92 Å². The highest BCUT2D eigenvalue weighted by Crippen LogP contribution is 2.10. The molecule has 0 saturated heterocycles. The molecule has 0 fully saturated rings. The molecule has 0 aromatic heterocycles. The molecule has 1 aromatic carbocycles. The van der Waals surface area contributed by atoms with Gasteiger partial charge in [-0.3, -0.25) is 4.79 Å². The number of hydrogen-bond donors (Lipinski definition) is 0. The Balaban J connectivity index is 2.85. The van der Waals surface area contributed by atoms with Gasteiger partial charge in [-0.2, -0.15) is 5.26 Å². The van der Waals surface area contributed by atoms with Gasteiger partial charge >= 0.3 is 0 Å². The number of carbonyl (C=O) groups excluding carboxylic acids is 2. The summed E-state index contributed by atoms with van der Waals surface area (Å²) < 4.78 is 0. The van der Waals surface area contributed by atoms with Crippen LogP contribution in [0.1, 0.15) is 16.8 Å². The van der Waals surface area contributed by atoms with E-state index in [4.69, 9.17) is 5.26 Å². The van der Waals surface area contributed by atoms with Gasteiger partial charge in [-0.05, 0) is 0 Å². The monoisotopic (exact) mass is 187 g/mol. The summed E-state index contributed by atoms with van der Waals surface area (Å²) in [6.07, 6.45) is 0.555. The third-order valence-electron chi connectivity index (χ3n) is 1.86. The Kier molecular flexibility index (Phi) is 3.57. The Hall–Kier alpha value is -1.95. The molecule has 0 aliphatic heterocycles. The van der Waals surface area contributed by atoms with E-state index >= 15 is 0 Å². The van der Waals surface area contributed by atoms with Crippen molar-refractivity contribution in [2.75, 3.05) is 0 Å². The molecule has 0 bridgehead atoms. The zero-order chi connectivity index (χ0) is 10.4. The number of rotatable bonds is 4. The maximum atomic E-state index is 11.6. The Bertz CT molecular complexity index is 365. The molecule has 70 valence electrons. The van der Waals surface area contributed by atoms with Crippen LogP contribution in [0.4, 0.5) is 0 Å². The number of ketones is 1. The Labute approximate surface area is 82.0 Å². The van der Waals surface area contributed by atoms with Crippen LogP contribution in [0.3, 0.4) is 0 Å². The van der Waals surface area contributed by atoms with Crippen molar-refractivity contribution in [3.05, 3.63) is 35.9 Å². The summed E-state index contributed by atoms with van der Waals surface area (Å²) in [7, 11) is 0. The smallest absolute Gasteiger partial charge is 0.180 e. The third kappa shape index (κ3) is 2.27. The minimum Gasteiger partial charge on any atom is -0.303 e. The van der Waals surface area contributed by atoms with E-state index in [-0.39, 0.29) is 12.2 Å². The lowest BCUT2D eigenvalue weighted by atomic mass is 9.97. The van der Waals surface area contributed by atoms with Gasteiger partial charge in [0.05, 0.1) is 6.07 Å². The van der Waals surface area contributed by atoms with Crippen molar-refractivity contribution >= 4 is 12.1 Å². The number of hydrogen-bond acceptors (Lipinski definition) is 3. The molecular weight excluding hydrogens is 178 g/mol. The maximum absolute atomic E-state index is 11.6. The van der Waals surface area contributed by atoms with Gasteiger partial charge in [0.25, 0.3) is 0 Å². The van der Waals surface area contributed by atoms with Crippen molar-refractivity contribution < 1.29 is 9.59 Å². The number of benzene rings is 1. The van der Waals surface area contributed by atoms with Gasteiger partial charge in [0.15, 0.2) is 5.78 Å². The van der Waals surface area contributed by atoms with Gasteiger partial charge in [0, 0.05) is 12.0 Å². The molecular formula is C11H9NO2. The van der Waals surface area contributed by atoms with E-state index in [1.807, 2.05) is 6.07 Å². The predicted molar refractivity (Wildman–Crippen MR) is 50.6 cm³/mol. The SMILES string of the molecule is N#CC(CC=O)C(=O)c1ccccc1. The van der Waals surface area contributed by atoms with E-state index in [2.05, 4.69) is 0 Å². The van der Waals surface area contributed by atoms with E-state index in [1.165, 1.54) is 0 Å². The predicted octanol–water partition coefficient (Wildman–Crippen LogP) is 1.60. The van der Waals surface area contributed by atoms with Gasteiger partial charge in [-0.25, -0.2) is 0 Å². The summed E-state index contributed by atoms with van der Waals surface area (Å²) >= 11 is 0. The maximum Gasteiger partial charge on any atom is 0.180 e. The molecule has 1 rings (SSSR count). The first-order valence-electron chi connectivity index (χ1n) is 4.22. The number of nitriles is 1. The van der Waals surface area contributed by atoms with E-state index in [9.17, 15) is 9.59 Å². The second-order valence-electron chi connectivity index (χ2n) is 2.81. The summed E-state index contributed by atoms with van der Waals surface area (Å²) in [5, 5.41) is 8.66. The number of aldehydes is 1. The van der Waals surface area contributed by atoms with Crippen LogP contribution in [0.5, 0.6) is 0 Å². The van der Waals surface area contributed by atoms with E-state index < -0.39 is 5.92 Å². The third-order valence-corrected chi connectivity index (χ3v) is 1.86.